The lowest BCUT2D eigenvalue weighted by molar-refractivity contribution is -0.155. The molecule has 50 heavy (non-hydrogen) atoms. The van der Waals surface area contributed by atoms with Crippen molar-refractivity contribution in [2.75, 3.05) is 13.2 Å². The number of hydrogen-bond acceptors (Lipinski definition) is 11. The van der Waals surface area contributed by atoms with Gasteiger partial charge in [-0.2, -0.15) is 0 Å². The highest BCUT2D eigenvalue weighted by Crippen LogP contribution is 2.60. The predicted octanol–water partition coefficient (Wildman–Crippen LogP) is 3.29. The number of Topliss-reactive ketones (excluding diaryl/α,β-unsaturated/α-hetero) is 3. The van der Waals surface area contributed by atoms with Crippen LogP contribution in [0.15, 0.2) is 35.1 Å². The number of benzene rings is 1. The van der Waals surface area contributed by atoms with Gasteiger partial charge in [-0.1, -0.05) is 51.2 Å². The quantitative estimate of drug-likeness (QED) is 0.0750. The first-order chi connectivity index (χ1) is 23.8. The van der Waals surface area contributed by atoms with Gasteiger partial charge in [-0.05, 0) is 61.6 Å². The van der Waals surface area contributed by atoms with Gasteiger partial charge in [-0.15, -0.1) is 0 Å². The van der Waals surface area contributed by atoms with Gasteiger partial charge in [0.15, 0.2) is 11.4 Å². The zero-order valence-electron chi connectivity index (χ0n) is 28.5. The Morgan fingerprint density at radius 3 is 2.46 bits per heavy atom. The lowest BCUT2D eigenvalue weighted by Gasteiger charge is -2.53. The van der Waals surface area contributed by atoms with Gasteiger partial charge in [-0.25, -0.2) is 0 Å². The van der Waals surface area contributed by atoms with Gasteiger partial charge in [0.2, 0.25) is 5.78 Å². The van der Waals surface area contributed by atoms with Crippen molar-refractivity contribution in [3.63, 3.8) is 0 Å². The molecular formula is C37H49N3O10. The fourth-order valence-corrected chi connectivity index (χ4v) is 8.74. The molecule has 1 unspecified atom stereocenters. The summed E-state index contributed by atoms with van der Waals surface area (Å²) in [6, 6.07) is 3.88. The summed E-state index contributed by atoms with van der Waals surface area (Å²) >= 11 is 0. The monoisotopic (exact) mass is 695 g/mol. The van der Waals surface area contributed by atoms with Crippen molar-refractivity contribution in [2.45, 2.75) is 102 Å². The maximum Gasteiger partial charge on any atom is 0.320 e. The third-order valence-electron chi connectivity index (χ3n) is 11.4. The first-order valence-electron chi connectivity index (χ1n) is 17.8. The number of nitrogens with two attached hydrogens (primary N) is 1. The number of carboxylic acid groups (broad SMARTS) is 1. The molecule has 2 fully saturated rings. The lowest BCUT2D eigenvalue weighted by Crippen LogP contribution is -2.62. The number of aliphatic hydroxyl groups excluding tert-OH is 2. The smallest absolute Gasteiger partial charge is 0.320 e. The Labute approximate surface area is 291 Å². The molecule has 0 bridgehead atoms. The van der Waals surface area contributed by atoms with E-state index in [9.17, 15) is 44.4 Å². The van der Waals surface area contributed by atoms with Gasteiger partial charge in [0.1, 0.15) is 34.7 Å². The Morgan fingerprint density at radius 2 is 1.78 bits per heavy atom. The standard InChI is InChI=1S/C37H49N3O10/c1-2-20(41)16-23-24-17-27(43)30(35(47)40-18-39-15-6-5-11-25(38)36(48)49)33(45)37(24,50)34(46)31-28(23)22(14-13-19-8-3-4-9-19)21-10-7-12-26(42)29(21)32(31)44/h7,10,12,19,22-25,28,39,42,44-45,50H,2-6,8-9,11,13-18,38H2,1H3,(H,40,47)(H,48,49)/t22-,23+,24+,25?,28-,37+/m0/s1. The lowest BCUT2D eigenvalue weighted by atomic mass is 9.51. The summed E-state index contributed by atoms with van der Waals surface area (Å²) in [5, 5.41) is 60.7. The topological polar surface area (TPSA) is 237 Å². The summed E-state index contributed by atoms with van der Waals surface area (Å²) in [6.45, 7) is 1.94. The summed E-state index contributed by atoms with van der Waals surface area (Å²) in [7, 11) is 0. The predicted molar refractivity (Wildman–Crippen MR) is 182 cm³/mol. The number of fused-ring (bicyclic) bond motifs is 3. The van der Waals surface area contributed by atoms with Crippen molar-refractivity contribution in [2.24, 2.45) is 29.4 Å². The zero-order valence-corrected chi connectivity index (χ0v) is 28.5. The minimum atomic E-state index is -2.78. The number of aliphatic carboxylic acids is 1. The Bertz CT molecular complexity index is 1600. The van der Waals surface area contributed by atoms with E-state index < -0.39 is 82.3 Å². The molecule has 2 saturated carbocycles. The maximum atomic E-state index is 14.6. The van der Waals surface area contributed by atoms with Gasteiger partial charge >= 0.3 is 5.97 Å². The highest BCUT2D eigenvalue weighted by molar-refractivity contribution is 6.23. The number of unbranched alkanes of at least 4 members (excludes halogenated alkanes) is 1. The molecule has 1 aromatic carbocycles. The van der Waals surface area contributed by atoms with E-state index in [-0.39, 0.29) is 48.6 Å². The van der Waals surface area contributed by atoms with Crippen LogP contribution in [0.25, 0.3) is 5.76 Å². The van der Waals surface area contributed by atoms with Crippen molar-refractivity contribution >= 4 is 35.0 Å². The molecule has 1 aromatic rings. The van der Waals surface area contributed by atoms with E-state index in [4.69, 9.17) is 10.8 Å². The highest BCUT2D eigenvalue weighted by atomic mass is 16.4. The second-order valence-electron chi connectivity index (χ2n) is 14.3. The summed E-state index contributed by atoms with van der Waals surface area (Å²) < 4.78 is 0. The summed E-state index contributed by atoms with van der Waals surface area (Å²) in [5.41, 5.74) is 2.42. The maximum absolute atomic E-state index is 14.6. The zero-order chi connectivity index (χ0) is 36.3. The summed E-state index contributed by atoms with van der Waals surface area (Å²) in [4.78, 5) is 65.5. The van der Waals surface area contributed by atoms with Crippen molar-refractivity contribution in [3.05, 3.63) is 46.2 Å². The number of nitrogens with one attached hydrogen (secondary N) is 2. The van der Waals surface area contributed by atoms with Crippen LogP contribution >= 0.6 is 0 Å². The van der Waals surface area contributed by atoms with Gasteiger partial charge in [0.25, 0.3) is 5.91 Å². The molecule has 4 aliphatic carbocycles. The minimum absolute atomic E-state index is 0.0653. The number of phenols is 1. The number of carboxylic acids is 1. The van der Waals surface area contributed by atoms with Crippen molar-refractivity contribution in [1.82, 2.24) is 10.6 Å². The Balaban J connectivity index is 1.47. The van der Waals surface area contributed by atoms with Gasteiger partial charge < -0.3 is 36.6 Å². The average molecular weight is 696 g/mol. The van der Waals surface area contributed by atoms with Gasteiger partial charge in [0.05, 0.1) is 12.2 Å². The first-order valence-corrected chi connectivity index (χ1v) is 17.8. The molecule has 6 atom stereocenters. The minimum Gasteiger partial charge on any atom is -0.508 e. The molecule has 0 radical (unpaired) electrons. The first kappa shape index (κ1) is 37.2. The fraction of sp³-hybridized carbons (Fsp3) is 0.595. The number of rotatable bonds is 15. The van der Waals surface area contributed by atoms with E-state index in [0.29, 0.717) is 37.3 Å². The molecule has 1 amide bonds. The number of aliphatic hydroxyl groups is 3. The second-order valence-corrected chi connectivity index (χ2v) is 14.3. The van der Waals surface area contributed by atoms with E-state index in [1.54, 1.807) is 19.1 Å². The molecule has 5 rings (SSSR count). The Morgan fingerprint density at radius 1 is 1.06 bits per heavy atom. The largest absolute Gasteiger partial charge is 0.508 e. The number of amides is 1. The van der Waals surface area contributed by atoms with E-state index in [0.717, 1.165) is 32.1 Å². The summed E-state index contributed by atoms with van der Waals surface area (Å²) in [6.07, 6.45) is 6.70. The molecule has 13 nitrogen and oxygen atoms in total. The van der Waals surface area contributed by atoms with Crippen LogP contribution in [-0.4, -0.2) is 79.6 Å². The van der Waals surface area contributed by atoms with Crippen molar-refractivity contribution in [1.29, 1.82) is 0 Å². The molecule has 9 N–H and O–H groups in total. The van der Waals surface area contributed by atoms with Crippen LogP contribution in [0.3, 0.4) is 0 Å². The van der Waals surface area contributed by atoms with Gasteiger partial charge in [0, 0.05) is 36.7 Å². The number of hydrogen-bond donors (Lipinski definition) is 8. The van der Waals surface area contributed by atoms with Crippen LogP contribution in [0, 0.1) is 23.7 Å². The molecule has 272 valence electrons. The van der Waals surface area contributed by atoms with Crippen LogP contribution in [-0.2, 0) is 24.0 Å². The van der Waals surface area contributed by atoms with E-state index >= 15 is 0 Å². The van der Waals surface area contributed by atoms with Crippen LogP contribution in [0.4, 0.5) is 0 Å². The Hall–Kier alpha value is -4.07. The SMILES string of the molecule is CCC(=O)C[C@H]1[C@H]2C(=C(O)c3c(O)cccc3[C@@H]2CCC2CCCC2)C(=O)[C@]2(O)C(O)=C(C(=O)NCNCCCCC(N)C(=O)O)C(=O)C[C@H]12. The fourth-order valence-electron chi connectivity index (χ4n) is 8.74. The molecule has 0 heterocycles. The Kier molecular flexibility index (Phi) is 11.5. The van der Waals surface area contributed by atoms with Crippen LogP contribution in [0.5, 0.6) is 5.75 Å². The molecule has 0 aliphatic heterocycles. The third-order valence-corrected chi connectivity index (χ3v) is 11.4. The molecule has 0 spiro atoms. The van der Waals surface area contributed by atoms with Crippen molar-refractivity contribution < 1.29 is 49.5 Å². The third kappa shape index (κ3) is 6.95. The van der Waals surface area contributed by atoms with Crippen LogP contribution in [0.1, 0.15) is 101 Å². The second kappa shape index (κ2) is 15.4. The number of phenolic OH excluding ortho intramolecular Hbond substituents is 1. The van der Waals surface area contributed by atoms with Gasteiger partial charge in [-0.3, -0.25) is 29.3 Å². The molecule has 0 aromatic heterocycles. The summed E-state index contributed by atoms with van der Waals surface area (Å²) in [5.74, 6) is -8.90. The van der Waals surface area contributed by atoms with E-state index in [1.807, 2.05) is 0 Å². The van der Waals surface area contributed by atoms with E-state index in [1.165, 1.54) is 6.07 Å². The molecular weight excluding hydrogens is 646 g/mol. The van der Waals surface area contributed by atoms with Crippen molar-refractivity contribution in [3.8, 4) is 5.75 Å². The normalized spacial score (nSPS) is 27.1. The number of carbonyl (C=O) groups is 5. The van der Waals surface area contributed by atoms with Crippen LogP contribution in [0.2, 0.25) is 0 Å². The molecule has 4 aliphatic rings. The number of ketones is 3. The average Bonchev–Trinajstić information content (AvgIpc) is 3.60. The number of carbonyl (C=O) groups excluding carboxylic acids is 4. The molecule has 0 saturated heterocycles. The number of aromatic hydroxyl groups is 1. The van der Waals surface area contributed by atoms with Crippen LogP contribution < -0.4 is 16.4 Å². The van der Waals surface area contributed by atoms with E-state index in [2.05, 4.69) is 10.6 Å². The highest BCUT2D eigenvalue weighted by Gasteiger charge is 2.65. The molecule has 13 heteroatoms.